The number of aryl methyl sites for hydroxylation is 1. The molecule has 6 nitrogen and oxygen atoms in total. The summed E-state index contributed by atoms with van der Waals surface area (Å²) >= 11 is 0. The minimum absolute atomic E-state index is 0.157. The zero-order valence-corrected chi connectivity index (χ0v) is 16.5. The Morgan fingerprint density at radius 2 is 1.50 bits per heavy atom. The monoisotopic (exact) mass is 396 g/mol. The standard InChI is InChI=1S/C24H20N4O2/c1-17-9-5-6-12-19(17)16-27-24(30)28-21-14-8-7-13-20(21)22(29)26(23(28)25-27)15-18-10-3-2-4-11-18/h2-14H,15-16H2,1H3. The third-order valence-corrected chi connectivity index (χ3v) is 5.45. The fourth-order valence-electron chi connectivity index (χ4n) is 3.83. The normalized spacial score (nSPS) is 11.4. The van der Waals surface area contributed by atoms with Crippen LogP contribution < -0.4 is 11.2 Å². The van der Waals surface area contributed by atoms with Gasteiger partial charge >= 0.3 is 5.69 Å². The molecule has 0 aliphatic rings. The van der Waals surface area contributed by atoms with Crippen molar-refractivity contribution in [2.24, 2.45) is 0 Å². The fraction of sp³-hybridized carbons (Fsp3) is 0.125. The van der Waals surface area contributed by atoms with Gasteiger partial charge in [-0.05, 0) is 35.7 Å². The summed E-state index contributed by atoms with van der Waals surface area (Å²) in [6.07, 6.45) is 0. The summed E-state index contributed by atoms with van der Waals surface area (Å²) in [6, 6.07) is 24.8. The maximum Gasteiger partial charge on any atom is 0.352 e. The van der Waals surface area contributed by atoms with Crippen LogP contribution in [0.1, 0.15) is 16.7 Å². The molecule has 0 atom stereocenters. The highest BCUT2D eigenvalue weighted by molar-refractivity contribution is 5.80. The first-order valence-electron chi connectivity index (χ1n) is 9.83. The molecule has 0 spiro atoms. The van der Waals surface area contributed by atoms with Gasteiger partial charge in [0.05, 0.1) is 24.0 Å². The molecule has 0 unspecified atom stereocenters. The van der Waals surface area contributed by atoms with E-state index in [0.717, 1.165) is 16.7 Å². The Balaban J connectivity index is 1.78. The summed E-state index contributed by atoms with van der Waals surface area (Å²) in [5.41, 5.74) is 3.24. The van der Waals surface area contributed by atoms with Crippen molar-refractivity contribution in [3.63, 3.8) is 0 Å². The van der Waals surface area contributed by atoms with Gasteiger partial charge in [0.1, 0.15) is 0 Å². The van der Waals surface area contributed by atoms with Gasteiger partial charge in [0.2, 0.25) is 5.78 Å². The first-order valence-corrected chi connectivity index (χ1v) is 9.83. The number of rotatable bonds is 4. The molecule has 2 heterocycles. The Morgan fingerprint density at radius 3 is 2.30 bits per heavy atom. The van der Waals surface area contributed by atoms with E-state index in [1.165, 1.54) is 9.08 Å². The molecule has 0 fully saturated rings. The molecule has 5 aromatic rings. The van der Waals surface area contributed by atoms with Gasteiger partial charge in [0.25, 0.3) is 5.56 Å². The molecular weight excluding hydrogens is 376 g/mol. The molecule has 3 aromatic carbocycles. The highest BCUT2D eigenvalue weighted by Gasteiger charge is 2.17. The molecule has 0 saturated carbocycles. The van der Waals surface area contributed by atoms with Gasteiger partial charge in [-0.25, -0.2) is 13.9 Å². The maximum atomic E-state index is 13.3. The van der Waals surface area contributed by atoms with Crippen LogP contribution in [0.2, 0.25) is 0 Å². The zero-order chi connectivity index (χ0) is 20.7. The van der Waals surface area contributed by atoms with E-state index in [1.54, 1.807) is 16.7 Å². The number of fused-ring (bicyclic) bond motifs is 3. The molecule has 2 aromatic heterocycles. The molecule has 30 heavy (non-hydrogen) atoms. The fourth-order valence-corrected chi connectivity index (χ4v) is 3.83. The first-order chi connectivity index (χ1) is 14.6. The topological polar surface area (TPSA) is 61.3 Å². The van der Waals surface area contributed by atoms with Crippen LogP contribution in [-0.4, -0.2) is 18.7 Å². The Morgan fingerprint density at radius 1 is 0.800 bits per heavy atom. The van der Waals surface area contributed by atoms with Gasteiger partial charge in [-0.1, -0.05) is 66.7 Å². The van der Waals surface area contributed by atoms with Crippen molar-refractivity contribution >= 4 is 16.7 Å². The van der Waals surface area contributed by atoms with Crippen LogP contribution >= 0.6 is 0 Å². The van der Waals surface area contributed by atoms with E-state index in [0.29, 0.717) is 29.8 Å². The third kappa shape index (κ3) is 2.93. The third-order valence-electron chi connectivity index (χ3n) is 5.45. The molecule has 148 valence electrons. The van der Waals surface area contributed by atoms with E-state index in [1.807, 2.05) is 73.7 Å². The molecular formula is C24H20N4O2. The van der Waals surface area contributed by atoms with E-state index in [2.05, 4.69) is 5.10 Å². The minimum atomic E-state index is -0.258. The second-order valence-corrected chi connectivity index (χ2v) is 7.40. The van der Waals surface area contributed by atoms with Gasteiger partial charge in [0.15, 0.2) is 0 Å². The Bertz CT molecular complexity index is 1490. The van der Waals surface area contributed by atoms with Crippen molar-refractivity contribution in [3.05, 3.63) is 116 Å². The molecule has 0 saturated heterocycles. The number of nitrogens with zero attached hydrogens (tertiary/aromatic N) is 4. The lowest BCUT2D eigenvalue weighted by atomic mass is 10.1. The van der Waals surface area contributed by atoms with Crippen LogP contribution in [0.4, 0.5) is 0 Å². The summed E-state index contributed by atoms with van der Waals surface area (Å²) in [6.45, 7) is 2.70. The van der Waals surface area contributed by atoms with E-state index in [9.17, 15) is 9.59 Å². The van der Waals surface area contributed by atoms with E-state index in [-0.39, 0.29) is 11.2 Å². The van der Waals surface area contributed by atoms with Crippen molar-refractivity contribution < 1.29 is 0 Å². The zero-order valence-electron chi connectivity index (χ0n) is 16.5. The summed E-state index contributed by atoms with van der Waals surface area (Å²) in [5, 5.41) is 5.08. The first kappa shape index (κ1) is 18.1. The molecule has 0 N–H and O–H groups in total. The average molecular weight is 396 g/mol. The number of hydrogen-bond acceptors (Lipinski definition) is 3. The molecule has 0 aliphatic carbocycles. The van der Waals surface area contributed by atoms with Crippen LogP contribution in [0.25, 0.3) is 16.7 Å². The van der Waals surface area contributed by atoms with E-state index in [4.69, 9.17) is 0 Å². The number of para-hydroxylation sites is 1. The second kappa shape index (κ2) is 7.15. The quantitative estimate of drug-likeness (QED) is 0.469. The largest absolute Gasteiger partial charge is 0.352 e. The van der Waals surface area contributed by atoms with Crippen LogP contribution in [-0.2, 0) is 13.1 Å². The lowest BCUT2D eigenvalue weighted by molar-refractivity contribution is 0.652. The van der Waals surface area contributed by atoms with Crippen LogP contribution in [0.15, 0.2) is 88.5 Å². The van der Waals surface area contributed by atoms with Crippen LogP contribution in [0, 0.1) is 6.92 Å². The van der Waals surface area contributed by atoms with Crippen molar-refractivity contribution in [3.8, 4) is 0 Å². The van der Waals surface area contributed by atoms with Crippen molar-refractivity contribution in [1.82, 2.24) is 18.7 Å². The second-order valence-electron chi connectivity index (χ2n) is 7.40. The molecule has 6 heteroatoms. The van der Waals surface area contributed by atoms with E-state index < -0.39 is 0 Å². The summed E-state index contributed by atoms with van der Waals surface area (Å²) in [4.78, 5) is 26.6. The molecule has 0 radical (unpaired) electrons. The smallest absolute Gasteiger partial charge is 0.272 e. The summed E-state index contributed by atoms with van der Waals surface area (Å²) < 4.78 is 4.55. The molecule has 0 amide bonds. The minimum Gasteiger partial charge on any atom is -0.272 e. The summed E-state index contributed by atoms with van der Waals surface area (Å²) in [7, 11) is 0. The molecule has 0 bridgehead atoms. The predicted octanol–water partition coefficient (Wildman–Crippen LogP) is 3.22. The number of benzene rings is 3. The van der Waals surface area contributed by atoms with Crippen molar-refractivity contribution in [2.75, 3.05) is 0 Å². The van der Waals surface area contributed by atoms with Gasteiger partial charge in [-0.2, -0.15) is 0 Å². The Hall–Kier alpha value is -3.93. The highest BCUT2D eigenvalue weighted by atomic mass is 16.2. The van der Waals surface area contributed by atoms with Gasteiger partial charge in [-0.15, -0.1) is 5.10 Å². The SMILES string of the molecule is Cc1ccccc1Cn1nc2n(Cc3ccccc3)c(=O)c3ccccc3n2c1=O. The van der Waals surface area contributed by atoms with Gasteiger partial charge in [-0.3, -0.25) is 9.36 Å². The predicted molar refractivity (Wildman–Crippen MR) is 117 cm³/mol. The Labute approximate surface area is 172 Å². The van der Waals surface area contributed by atoms with Crippen LogP contribution in [0.5, 0.6) is 0 Å². The van der Waals surface area contributed by atoms with Gasteiger partial charge in [0, 0.05) is 0 Å². The van der Waals surface area contributed by atoms with Gasteiger partial charge < -0.3 is 0 Å². The number of hydrogen-bond donors (Lipinski definition) is 0. The maximum absolute atomic E-state index is 13.3. The Kier molecular flexibility index (Phi) is 4.32. The molecule has 5 rings (SSSR count). The number of aromatic nitrogens is 4. The average Bonchev–Trinajstić information content (AvgIpc) is 3.09. The van der Waals surface area contributed by atoms with E-state index >= 15 is 0 Å². The molecule has 0 aliphatic heterocycles. The van der Waals surface area contributed by atoms with Crippen molar-refractivity contribution in [2.45, 2.75) is 20.0 Å². The highest BCUT2D eigenvalue weighted by Crippen LogP contribution is 2.14. The van der Waals surface area contributed by atoms with Crippen molar-refractivity contribution in [1.29, 1.82) is 0 Å². The lowest BCUT2D eigenvalue weighted by Gasteiger charge is -2.09. The lowest BCUT2D eigenvalue weighted by Crippen LogP contribution is -2.27. The van der Waals surface area contributed by atoms with Crippen LogP contribution in [0.3, 0.4) is 0 Å². The summed E-state index contributed by atoms with van der Waals surface area (Å²) in [5.74, 6) is 0.348.